The number of sulfone groups is 1. The van der Waals surface area contributed by atoms with Gasteiger partial charge in [0.15, 0.2) is 9.84 Å². The number of halogens is 1. The van der Waals surface area contributed by atoms with Crippen LogP contribution in [0.15, 0.2) is 29.2 Å². The van der Waals surface area contributed by atoms with Crippen molar-refractivity contribution in [2.45, 2.75) is 37.6 Å². The van der Waals surface area contributed by atoms with Gasteiger partial charge in [-0.1, -0.05) is 13.8 Å². The first-order valence-electron chi connectivity index (χ1n) is 7.15. The molecule has 3 nitrogen and oxygen atoms in total. The van der Waals surface area contributed by atoms with Crippen LogP contribution in [0.2, 0.25) is 0 Å². The SMILES string of the molecule is CCCS(=O)(=O)c1ccc(N2CCC(C)C2CCl)cc1. The maximum Gasteiger partial charge on any atom is 0.178 e. The number of nitrogens with zero attached hydrogens (tertiary/aromatic N) is 1. The van der Waals surface area contributed by atoms with Crippen LogP contribution in [0, 0.1) is 5.92 Å². The van der Waals surface area contributed by atoms with E-state index >= 15 is 0 Å². The summed E-state index contributed by atoms with van der Waals surface area (Å²) < 4.78 is 24.0. The molecule has 0 spiro atoms. The molecule has 1 fully saturated rings. The molecule has 0 aromatic heterocycles. The van der Waals surface area contributed by atoms with Crippen molar-refractivity contribution in [3.8, 4) is 0 Å². The van der Waals surface area contributed by atoms with Crippen molar-refractivity contribution in [3.63, 3.8) is 0 Å². The quantitative estimate of drug-likeness (QED) is 0.782. The highest BCUT2D eigenvalue weighted by molar-refractivity contribution is 7.91. The Morgan fingerprint density at radius 1 is 1.30 bits per heavy atom. The summed E-state index contributed by atoms with van der Waals surface area (Å²) in [7, 11) is -3.13. The van der Waals surface area contributed by atoms with Gasteiger partial charge in [-0.3, -0.25) is 0 Å². The van der Waals surface area contributed by atoms with Crippen molar-refractivity contribution in [3.05, 3.63) is 24.3 Å². The van der Waals surface area contributed by atoms with Gasteiger partial charge in [0, 0.05) is 24.2 Å². The molecule has 2 rings (SSSR count). The largest absolute Gasteiger partial charge is 0.367 e. The van der Waals surface area contributed by atoms with Crippen LogP contribution in [0.5, 0.6) is 0 Å². The number of rotatable bonds is 5. The van der Waals surface area contributed by atoms with E-state index in [-0.39, 0.29) is 5.75 Å². The second-order valence-electron chi connectivity index (χ2n) is 5.49. The zero-order valence-corrected chi connectivity index (χ0v) is 13.6. The molecule has 0 aliphatic carbocycles. The van der Waals surface area contributed by atoms with Crippen LogP contribution in [0.4, 0.5) is 5.69 Å². The average Bonchev–Trinajstić information content (AvgIpc) is 2.80. The predicted molar refractivity (Wildman–Crippen MR) is 84.4 cm³/mol. The molecule has 0 amide bonds. The summed E-state index contributed by atoms with van der Waals surface area (Å²) in [6.07, 6.45) is 1.77. The molecule has 1 aliphatic heterocycles. The van der Waals surface area contributed by atoms with Crippen LogP contribution in [0.25, 0.3) is 0 Å². The lowest BCUT2D eigenvalue weighted by molar-refractivity contribution is 0.550. The fourth-order valence-electron chi connectivity index (χ4n) is 2.80. The minimum Gasteiger partial charge on any atom is -0.367 e. The minimum absolute atomic E-state index is 0.206. The molecule has 2 unspecified atom stereocenters. The number of hydrogen-bond acceptors (Lipinski definition) is 3. The molecule has 0 saturated carbocycles. The van der Waals surface area contributed by atoms with Gasteiger partial charge in [0.2, 0.25) is 0 Å². The number of anilines is 1. The maximum absolute atomic E-state index is 12.0. The monoisotopic (exact) mass is 315 g/mol. The Bertz CT molecular complexity index is 541. The summed E-state index contributed by atoms with van der Waals surface area (Å²) in [6, 6.07) is 7.58. The standard InChI is InChI=1S/C15H22ClNO2S/c1-3-10-20(18,19)14-6-4-13(5-7-14)17-9-8-12(2)15(17)11-16/h4-7,12,15H,3,8-11H2,1-2H3. The summed E-state index contributed by atoms with van der Waals surface area (Å²) in [5.74, 6) is 1.39. The van der Waals surface area contributed by atoms with Crippen LogP contribution in [0.3, 0.4) is 0 Å². The van der Waals surface area contributed by atoms with Gasteiger partial charge >= 0.3 is 0 Å². The van der Waals surface area contributed by atoms with E-state index in [0.717, 1.165) is 18.7 Å². The van der Waals surface area contributed by atoms with Crippen molar-refractivity contribution < 1.29 is 8.42 Å². The molecule has 1 aliphatic rings. The molecule has 2 atom stereocenters. The van der Waals surface area contributed by atoms with Gasteiger partial charge in [-0.05, 0) is 43.0 Å². The van der Waals surface area contributed by atoms with Crippen LogP contribution >= 0.6 is 11.6 Å². The van der Waals surface area contributed by atoms with E-state index in [2.05, 4.69) is 11.8 Å². The first-order chi connectivity index (χ1) is 9.49. The fraction of sp³-hybridized carbons (Fsp3) is 0.600. The van der Waals surface area contributed by atoms with E-state index in [4.69, 9.17) is 11.6 Å². The van der Waals surface area contributed by atoms with Gasteiger partial charge in [-0.2, -0.15) is 0 Å². The molecule has 1 aromatic rings. The number of alkyl halides is 1. The Morgan fingerprint density at radius 2 is 1.95 bits per heavy atom. The first-order valence-corrected chi connectivity index (χ1v) is 9.33. The van der Waals surface area contributed by atoms with E-state index in [1.807, 2.05) is 19.1 Å². The smallest absolute Gasteiger partial charge is 0.178 e. The lowest BCUT2D eigenvalue weighted by atomic mass is 10.0. The zero-order chi connectivity index (χ0) is 14.8. The second-order valence-corrected chi connectivity index (χ2v) is 7.91. The number of hydrogen-bond donors (Lipinski definition) is 0. The highest BCUT2D eigenvalue weighted by Gasteiger charge is 2.30. The molecule has 5 heteroatoms. The van der Waals surface area contributed by atoms with Gasteiger partial charge in [0.05, 0.1) is 10.6 Å². The lowest BCUT2D eigenvalue weighted by Gasteiger charge is -2.27. The van der Waals surface area contributed by atoms with Crippen LogP contribution in [0.1, 0.15) is 26.7 Å². The van der Waals surface area contributed by atoms with Crippen LogP contribution < -0.4 is 4.90 Å². The van der Waals surface area contributed by atoms with Crippen LogP contribution in [-0.4, -0.2) is 32.6 Å². The summed E-state index contributed by atoms with van der Waals surface area (Å²) in [5, 5.41) is 0. The van der Waals surface area contributed by atoms with E-state index in [9.17, 15) is 8.42 Å². The van der Waals surface area contributed by atoms with E-state index < -0.39 is 9.84 Å². The van der Waals surface area contributed by atoms with Gasteiger partial charge in [0.25, 0.3) is 0 Å². The van der Waals surface area contributed by atoms with Gasteiger partial charge in [-0.15, -0.1) is 11.6 Å². The molecule has 0 bridgehead atoms. The topological polar surface area (TPSA) is 37.4 Å². The Hall–Kier alpha value is -0.740. The summed E-state index contributed by atoms with van der Waals surface area (Å²) in [5.41, 5.74) is 1.07. The molecule has 1 heterocycles. The zero-order valence-electron chi connectivity index (χ0n) is 12.0. The molecule has 112 valence electrons. The predicted octanol–water partition coefficient (Wildman–Crippen LogP) is 3.32. The van der Waals surface area contributed by atoms with E-state index in [1.165, 1.54) is 0 Å². The maximum atomic E-state index is 12.0. The average molecular weight is 316 g/mol. The highest BCUT2D eigenvalue weighted by Crippen LogP contribution is 2.31. The normalized spacial score (nSPS) is 23.2. The molecule has 1 saturated heterocycles. The molecule has 0 N–H and O–H groups in total. The first kappa shape index (κ1) is 15.6. The second kappa shape index (κ2) is 6.35. The van der Waals surface area contributed by atoms with E-state index in [0.29, 0.717) is 29.2 Å². The Balaban J connectivity index is 2.21. The Labute approximate surface area is 126 Å². The Morgan fingerprint density at radius 3 is 2.50 bits per heavy atom. The number of benzene rings is 1. The fourth-order valence-corrected chi connectivity index (χ4v) is 4.59. The highest BCUT2D eigenvalue weighted by atomic mass is 35.5. The molecule has 20 heavy (non-hydrogen) atoms. The van der Waals surface area contributed by atoms with Crippen molar-refractivity contribution in [2.75, 3.05) is 23.1 Å². The molecular weight excluding hydrogens is 294 g/mol. The van der Waals surface area contributed by atoms with Crippen molar-refractivity contribution in [2.24, 2.45) is 5.92 Å². The molecular formula is C15H22ClNO2S. The third-order valence-electron chi connectivity index (χ3n) is 4.04. The van der Waals surface area contributed by atoms with Crippen molar-refractivity contribution in [1.29, 1.82) is 0 Å². The molecule has 1 aromatic carbocycles. The van der Waals surface area contributed by atoms with Gasteiger partial charge < -0.3 is 4.90 Å². The third kappa shape index (κ3) is 3.12. The van der Waals surface area contributed by atoms with E-state index in [1.54, 1.807) is 12.1 Å². The van der Waals surface area contributed by atoms with Crippen LogP contribution in [-0.2, 0) is 9.84 Å². The summed E-state index contributed by atoms with van der Waals surface area (Å²) >= 11 is 6.05. The summed E-state index contributed by atoms with van der Waals surface area (Å²) in [6.45, 7) is 5.08. The van der Waals surface area contributed by atoms with Gasteiger partial charge in [-0.25, -0.2) is 8.42 Å². The van der Waals surface area contributed by atoms with Crippen molar-refractivity contribution in [1.82, 2.24) is 0 Å². The Kier molecular flexibility index (Phi) is 4.97. The summed E-state index contributed by atoms with van der Waals surface area (Å²) in [4.78, 5) is 2.70. The minimum atomic E-state index is -3.13. The lowest BCUT2D eigenvalue weighted by Crippen LogP contribution is -2.33. The van der Waals surface area contributed by atoms with Gasteiger partial charge in [0.1, 0.15) is 0 Å². The molecule has 0 radical (unpaired) electrons. The third-order valence-corrected chi connectivity index (χ3v) is 6.29. The van der Waals surface area contributed by atoms with Crippen molar-refractivity contribution >= 4 is 27.1 Å².